The molecule has 0 radical (unpaired) electrons. The van der Waals surface area contributed by atoms with E-state index >= 15 is 0 Å². The number of carbonyl (C=O) groups is 1. The van der Waals surface area contributed by atoms with Crippen molar-refractivity contribution in [1.82, 2.24) is 4.90 Å². The van der Waals surface area contributed by atoms with Crippen molar-refractivity contribution in [2.24, 2.45) is 0 Å². The highest BCUT2D eigenvalue weighted by molar-refractivity contribution is 5.94. The van der Waals surface area contributed by atoms with Crippen LogP contribution in [0.3, 0.4) is 0 Å². The Kier molecular flexibility index (Phi) is 7.27. The Hall–Kier alpha value is -1.95. The van der Waals surface area contributed by atoms with Gasteiger partial charge in [0.2, 0.25) is 0 Å². The highest BCUT2D eigenvalue weighted by Gasteiger charge is 2.13. The van der Waals surface area contributed by atoms with Crippen molar-refractivity contribution in [2.75, 3.05) is 19.7 Å². The van der Waals surface area contributed by atoms with E-state index < -0.39 is 0 Å². The number of hydrogen-bond donors (Lipinski definition) is 0. The summed E-state index contributed by atoms with van der Waals surface area (Å²) in [6.45, 7) is 5.89. The number of terminal acetylenes is 1. The molecule has 0 bridgehead atoms. The first kappa shape index (κ1) is 16.1. The number of nitrogens with zero attached hydrogens (tertiary/aromatic N) is 1. The van der Waals surface area contributed by atoms with Crippen LogP contribution in [0.4, 0.5) is 0 Å². The maximum absolute atomic E-state index is 12.3. The molecule has 0 spiro atoms. The lowest BCUT2D eigenvalue weighted by Crippen LogP contribution is -2.32. The van der Waals surface area contributed by atoms with Gasteiger partial charge in [0.25, 0.3) is 5.91 Å². The van der Waals surface area contributed by atoms with Gasteiger partial charge in [-0.1, -0.05) is 26.2 Å². The van der Waals surface area contributed by atoms with Crippen LogP contribution in [0.5, 0.6) is 5.75 Å². The Morgan fingerprint density at radius 1 is 1.25 bits per heavy atom. The molecule has 0 fully saturated rings. The summed E-state index contributed by atoms with van der Waals surface area (Å²) in [6, 6.07) is 7.26. The van der Waals surface area contributed by atoms with Gasteiger partial charge in [-0.3, -0.25) is 4.79 Å². The van der Waals surface area contributed by atoms with Gasteiger partial charge in [-0.05, 0) is 37.1 Å². The molecule has 0 atom stereocenters. The first-order chi connectivity index (χ1) is 9.72. The second kappa shape index (κ2) is 9.03. The lowest BCUT2D eigenvalue weighted by molar-refractivity contribution is 0.0777. The van der Waals surface area contributed by atoms with Crippen LogP contribution in [0.15, 0.2) is 24.3 Å². The minimum absolute atomic E-state index is 0.0232. The first-order valence-electron chi connectivity index (χ1n) is 7.18. The molecule has 0 unspecified atom stereocenters. The summed E-state index contributed by atoms with van der Waals surface area (Å²) in [5.74, 6) is 3.31. The summed E-state index contributed by atoms with van der Waals surface area (Å²) in [4.78, 5) is 14.0. The maximum Gasteiger partial charge on any atom is 0.254 e. The van der Waals surface area contributed by atoms with Crippen LogP contribution < -0.4 is 4.74 Å². The van der Waals surface area contributed by atoms with Crippen molar-refractivity contribution in [3.63, 3.8) is 0 Å². The van der Waals surface area contributed by atoms with E-state index in [0.717, 1.165) is 25.0 Å². The second-order valence-corrected chi connectivity index (χ2v) is 4.66. The topological polar surface area (TPSA) is 29.5 Å². The lowest BCUT2D eigenvalue weighted by Gasteiger charge is -2.19. The summed E-state index contributed by atoms with van der Waals surface area (Å²) in [7, 11) is 0. The Morgan fingerprint density at radius 2 is 1.95 bits per heavy atom. The van der Waals surface area contributed by atoms with Gasteiger partial charge in [-0.15, -0.1) is 6.42 Å². The Labute approximate surface area is 121 Å². The normalized spacial score (nSPS) is 9.85. The molecule has 0 saturated heterocycles. The van der Waals surface area contributed by atoms with Gasteiger partial charge in [0.1, 0.15) is 5.75 Å². The number of hydrogen-bond acceptors (Lipinski definition) is 2. The predicted molar refractivity (Wildman–Crippen MR) is 81.9 cm³/mol. The van der Waals surface area contributed by atoms with Gasteiger partial charge in [0.15, 0.2) is 0 Å². The standard InChI is InChI=1S/C17H23NO2/c1-4-7-14-20-16-10-8-15(9-11-16)17(19)18(12-5-2)13-6-3/h2,8-11H,4,6-7,12-14H2,1,3H3. The number of unbranched alkanes of at least 4 members (excludes halogenated alkanes) is 1. The zero-order valence-electron chi connectivity index (χ0n) is 12.4. The molecule has 3 heteroatoms. The Bertz CT molecular complexity index is 445. The summed E-state index contributed by atoms with van der Waals surface area (Å²) in [5.41, 5.74) is 0.650. The average Bonchev–Trinajstić information content (AvgIpc) is 2.47. The van der Waals surface area contributed by atoms with E-state index in [9.17, 15) is 4.79 Å². The Balaban J connectivity index is 2.66. The fourth-order valence-corrected chi connectivity index (χ4v) is 1.84. The van der Waals surface area contributed by atoms with Crippen molar-refractivity contribution in [2.45, 2.75) is 33.1 Å². The van der Waals surface area contributed by atoms with Gasteiger partial charge < -0.3 is 9.64 Å². The minimum atomic E-state index is -0.0232. The number of carbonyl (C=O) groups excluding carboxylic acids is 1. The molecular formula is C17H23NO2. The van der Waals surface area contributed by atoms with E-state index in [1.54, 1.807) is 17.0 Å². The molecule has 3 nitrogen and oxygen atoms in total. The van der Waals surface area contributed by atoms with Crippen LogP contribution in [-0.2, 0) is 0 Å². The van der Waals surface area contributed by atoms with E-state index in [4.69, 9.17) is 11.2 Å². The molecule has 1 aromatic carbocycles. The highest BCUT2D eigenvalue weighted by Crippen LogP contribution is 2.14. The van der Waals surface area contributed by atoms with E-state index in [0.29, 0.717) is 25.3 Å². The molecule has 0 heterocycles. The number of benzene rings is 1. The Morgan fingerprint density at radius 3 is 2.50 bits per heavy atom. The minimum Gasteiger partial charge on any atom is -0.494 e. The third-order valence-electron chi connectivity index (χ3n) is 2.93. The van der Waals surface area contributed by atoms with Crippen LogP contribution in [0.1, 0.15) is 43.5 Å². The summed E-state index contributed by atoms with van der Waals surface area (Å²) >= 11 is 0. The predicted octanol–water partition coefficient (Wildman–Crippen LogP) is 3.35. The molecular weight excluding hydrogens is 250 g/mol. The van der Waals surface area contributed by atoms with E-state index in [2.05, 4.69) is 12.8 Å². The van der Waals surface area contributed by atoms with Crippen molar-refractivity contribution in [3.8, 4) is 18.1 Å². The zero-order valence-corrected chi connectivity index (χ0v) is 12.4. The van der Waals surface area contributed by atoms with Crippen molar-refractivity contribution < 1.29 is 9.53 Å². The molecule has 0 aromatic heterocycles. The van der Waals surface area contributed by atoms with E-state index in [1.807, 2.05) is 19.1 Å². The number of rotatable bonds is 8. The molecule has 0 aliphatic carbocycles. The molecule has 0 N–H and O–H groups in total. The average molecular weight is 273 g/mol. The zero-order chi connectivity index (χ0) is 14.8. The van der Waals surface area contributed by atoms with Gasteiger partial charge >= 0.3 is 0 Å². The van der Waals surface area contributed by atoms with Gasteiger partial charge in [0, 0.05) is 12.1 Å². The largest absolute Gasteiger partial charge is 0.494 e. The fourth-order valence-electron chi connectivity index (χ4n) is 1.84. The fraction of sp³-hybridized carbons (Fsp3) is 0.471. The molecule has 0 saturated carbocycles. The third-order valence-corrected chi connectivity index (χ3v) is 2.93. The van der Waals surface area contributed by atoms with Gasteiger partial charge in [0.05, 0.1) is 13.2 Å². The molecule has 108 valence electrons. The maximum atomic E-state index is 12.3. The lowest BCUT2D eigenvalue weighted by atomic mass is 10.2. The van der Waals surface area contributed by atoms with Crippen molar-refractivity contribution in [1.29, 1.82) is 0 Å². The van der Waals surface area contributed by atoms with E-state index in [1.165, 1.54) is 0 Å². The first-order valence-corrected chi connectivity index (χ1v) is 7.18. The number of ether oxygens (including phenoxy) is 1. The van der Waals surface area contributed by atoms with Crippen LogP contribution in [0.2, 0.25) is 0 Å². The van der Waals surface area contributed by atoms with Gasteiger partial charge in [-0.25, -0.2) is 0 Å². The molecule has 1 aromatic rings. The number of amides is 1. The molecule has 1 amide bonds. The second-order valence-electron chi connectivity index (χ2n) is 4.66. The quantitative estimate of drug-likeness (QED) is 0.537. The van der Waals surface area contributed by atoms with E-state index in [-0.39, 0.29) is 5.91 Å². The summed E-state index contributed by atoms with van der Waals surface area (Å²) in [5, 5.41) is 0. The van der Waals surface area contributed by atoms with Crippen LogP contribution in [-0.4, -0.2) is 30.5 Å². The van der Waals surface area contributed by atoms with Gasteiger partial charge in [-0.2, -0.15) is 0 Å². The van der Waals surface area contributed by atoms with Crippen LogP contribution in [0, 0.1) is 12.3 Å². The molecule has 0 aliphatic heterocycles. The monoisotopic (exact) mass is 273 g/mol. The van der Waals surface area contributed by atoms with Crippen molar-refractivity contribution >= 4 is 5.91 Å². The highest BCUT2D eigenvalue weighted by atomic mass is 16.5. The van der Waals surface area contributed by atoms with Crippen molar-refractivity contribution in [3.05, 3.63) is 29.8 Å². The SMILES string of the molecule is C#CCN(CCC)C(=O)c1ccc(OCCCC)cc1. The molecule has 1 rings (SSSR count). The smallest absolute Gasteiger partial charge is 0.254 e. The molecule has 0 aliphatic rings. The molecule has 20 heavy (non-hydrogen) atoms. The third kappa shape index (κ3) is 4.97. The summed E-state index contributed by atoms with van der Waals surface area (Å²) < 4.78 is 5.58. The van der Waals surface area contributed by atoms with Crippen LogP contribution >= 0.6 is 0 Å². The van der Waals surface area contributed by atoms with Crippen LogP contribution in [0.25, 0.3) is 0 Å². The summed E-state index contributed by atoms with van der Waals surface area (Å²) in [6.07, 6.45) is 8.34.